The number of rotatable bonds is 4. The maximum atomic E-state index is 11.8. The Morgan fingerprint density at radius 1 is 1.31 bits per heavy atom. The van der Waals surface area contributed by atoms with Gasteiger partial charge in [-0.1, -0.05) is 23.2 Å². The molecular weight excluding hydrogens is 271 g/mol. The second-order valence-corrected chi connectivity index (χ2v) is 6.07. The minimum absolute atomic E-state index is 0.0330. The lowest BCUT2D eigenvalue weighted by atomic mass is 10.4. The normalized spacial score (nSPS) is 13.8. The van der Waals surface area contributed by atoms with Crippen LogP contribution in [0, 0.1) is 0 Å². The first-order valence-electron chi connectivity index (χ1n) is 4.52. The van der Waals surface area contributed by atoms with E-state index in [1.165, 1.54) is 18.2 Å². The summed E-state index contributed by atoms with van der Waals surface area (Å²) in [5.41, 5.74) is 5.46. The van der Waals surface area contributed by atoms with Crippen LogP contribution in [0.2, 0.25) is 10.0 Å². The number of hydrogen-bond donors (Lipinski definition) is 2. The van der Waals surface area contributed by atoms with Crippen LogP contribution in [0.25, 0.3) is 0 Å². The van der Waals surface area contributed by atoms with E-state index in [0.29, 0.717) is 0 Å². The highest BCUT2D eigenvalue weighted by molar-refractivity contribution is 7.89. The van der Waals surface area contributed by atoms with E-state index in [1.54, 1.807) is 6.92 Å². The van der Waals surface area contributed by atoms with Gasteiger partial charge in [0.25, 0.3) is 0 Å². The zero-order valence-electron chi connectivity index (χ0n) is 8.57. The van der Waals surface area contributed by atoms with Gasteiger partial charge in [0.1, 0.15) is 0 Å². The Labute approximate surface area is 105 Å². The van der Waals surface area contributed by atoms with Gasteiger partial charge < -0.3 is 5.73 Å². The first-order valence-corrected chi connectivity index (χ1v) is 6.76. The van der Waals surface area contributed by atoms with Gasteiger partial charge in [-0.25, -0.2) is 13.1 Å². The summed E-state index contributed by atoms with van der Waals surface area (Å²) in [5, 5.41) is 0.544. The number of hydrogen-bond acceptors (Lipinski definition) is 3. The van der Waals surface area contributed by atoms with E-state index in [2.05, 4.69) is 4.72 Å². The Morgan fingerprint density at radius 2 is 1.81 bits per heavy atom. The predicted molar refractivity (Wildman–Crippen MR) is 65.3 cm³/mol. The van der Waals surface area contributed by atoms with Crippen molar-refractivity contribution in [2.75, 3.05) is 6.54 Å². The zero-order valence-corrected chi connectivity index (χ0v) is 10.9. The average Bonchev–Trinajstić information content (AvgIpc) is 2.13. The number of nitrogens with one attached hydrogen (secondary N) is 1. The fourth-order valence-electron chi connectivity index (χ4n) is 1.01. The highest BCUT2D eigenvalue weighted by Gasteiger charge is 2.15. The average molecular weight is 283 g/mol. The minimum Gasteiger partial charge on any atom is -0.327 e. The van der Waals surface area contributed by atoms with Gasteiger partial charge in [-0.05, 0) is 25.1 Å². The first-order chi connectivity index (χ1) is 7.31. The maximum absolute atomic E-state index is 11.8. The molecule has 0 bridgehead atoms. The highest BCUT2D eigenvalue weighted by Crippen LogP contribution is 2.21. The van der Waals surface area contributed by atoms with Crippen molar-refractivity contribution < 1.29 is 8.42 Å². The molecular formula is C9H12Cl2N2O2S. The Balaban J connectivity index is 2.98. The molecule has 1 rings (SSSR count). The molecule has 0 aliphatic rings. The van der Waals surface area contributed by atoms with E-state index in [-0.39, 0.29) is 27.5 Å². The molecule has 0 aromatic heterocycles. The van der Waals surface area contributed by atoms with Gasteiger partial charge in [0.15, 0.2) is 0 Å². The standard InChI is InChI=1S/C9H12Cl2N2O2S/c1-6(12)5-13-16(14,15)9-3-7(10)2-8(11)4-9/h2-4,6,13H,5,12H2,1H3. The number of halogens is 2. The molecule has 0 saturated carbocycles. The van der Waals surface area contributed by atoms with Gasteiger partial charge in [-0.15, -0.1) is 0 Å². The van der Waals surface area contributed by atoms with Gasteiger partial charge in [0.05, 0.1) is 4.90 Å². The molecule has 90 valence electrons. The number of nitrogens with two attached hydrogens (primary N) is 1. The zero-order chi connectivity index (χ0) is 12.3. The molecule has 1 aromatic carbocycles. The predicted octanol–water partition coefficient (Wildman–Crippen LogP) is 1.62. The van der Waals surface area contributed by atoms with Crippen molar-refractivity contribution in [2.45, 2.75) is 17.9 Å². The van der Waals surface area contributed by atoms with Crippen LogP contribution in [0.3, 0.4) is 0 Å². The second kappa shape index (κ2) is 5.33. The van der Waals surface area contributed by atoms with Crippen molar-refractivity contribution in [3.05, 3.63) is 28.2 Å². The van der Waals surface area contributed by atoms with Crippen molar-refractivity contribution in [2.24, 2.45) is 5.73 Å². The molecule has 1 unspecified atom stereocenters. The van der Waals surface area contributed by atoms with Crippen LogP contribution in [0.5, 0.6) is 0 Å². The summed E-state index contributed by atoms with van der Waals surface area (Å²) >= 11 is 11.4. The third-order valence-corrected chi connectivity index (χ3v) is 3.58. The fourth-order valence-corrected chi connectivity index (χ4v) is 2.88. The van der Waals surface area contributed by atoms with Gasteiger partial charge in [0, 0.05) is 22.6 Å². The maximum Gasteiger partial charge on any atom is 0.240 e. The summed E-state index contributed by atoms with van der Waals surface area (Å²) in [6, 6.07) is 3.87. The Kier molecular flexibility index (Phi) is 4.58. The van der Waals surface area contributed by atoms with Crippen LogP contribution in [0.1, 0.15) is 6.92 Å². The summed E-state index contributed by atoms with van der Waals surface area (Å²) in [4.78, 5) is 0.0330. The molecule has 0 aliphatic heterocycles. The van der Waals surface area contributed by atoms with Gasteiger partial charge in [-0.3, -0.25) is 0 Å². The van der Waals surface area contributed by atoms with Crippen LogP contribution in [-0.2, 0) is 10.0 Å². The van der Waals surface area contributed by atoms with Crippen LogP contribution >= 0.6 is 23.2 Å². The fraction of sp³-hybridized carbons (Fsp3) is 0.333. The van der Waals surface area contributed by atoms with Gasteiger partial charge in [0.2, 0.25) is 10.0 Å². The van der Waals surface area contributed by atoms with Crippen molar-refractivity contribution in [1.82, 2.24) is 4.72 Å². The second-order valence-electron chi connectivity index (χ2n) is 3.43. The Morgan fingerprint density at radius 3 is 2.25 bits per heavy atom. The van der Waals surface area contributed by atoms with Crippen LogP contribution < -0.4 is 10.5 Å². The minimum atomic E-state index is -3.60. The van der Waals surface area contributed by atoms with Crippen LogP contribution in [-0.4, -0.2) is 21.0 Å². The lowest BCUT2D eigenvalue weighted by Crippen LogP contribution is -2.35. The summed E-state index contributed by atoms with van der Waals surface area (Å²) in [7, 11) is -3.60. The lowest BCUT2D eigenvalue weighted by Gasteiger charge is -2.09. The molecule has 0 spiro atoms. The summed E-state index contributed by atoms with van der Waals surface area (Å²) in [6.07, 6.45) is 0. The monoisotopic (exact) mass is 282 g/mol. The van der Waals surface area contributed by atoms with Crippen molar-refractivity contribution in [1.29, 1.82) is 0 Å². The van der Waals surface area contributed by atoms with E-state index >= 15 is 0 Å². The van der Waals surface area contributed by atoms with Crippen LogP contribution in [0.15, 0.2) is 23.1 Å². The third kappa shape index (κ3) is 3.92. The SMILES string of the molecule is CC(N)CNS(=O)(=O)c1cc(Cl)cc(Cl)c1. The van der Waals surface area contributed by atoms with Crippen LogP contribution in [0.4, 0.5) is 0 Å². The lowest BCUT2D eigenvalue weighted by molar-refractivity contribution is 0.574. The molecule has 4 nitrogen and oxygen atoms in total. The Hall–Kier alpha value is -0.330. The number of benzene rings is 1. The van der Waals surface area contributed by atoms with E-state index < -0.39 is 10.0 Å². The van der Waals surface area contributed by atoms with E-state index in [1.807, 2.05) is 0 Å². The molecule has 0 saturated heterocycles. The molecule has 1 atom stereocenters. The summed E-state index contributed by atoms with van der Waals surface area (Å²) < 4.78 is 25.9. The number of sulfonamides is 1. The molecule has 0 fully saturated rings. The molecule has 0 amide bonds. The Bertz CT molecular complexity index is 454. The molecule has 0 aliphatic carbocycles. The smallest absolute Gasteiger partial charge is 0.240 e. The van der Waals surface area contributed by atoms with Gasteiger partial charge >= 0.3 is 0 Å². The molecule has 1 aromatic rings. The summed E-state index contributed by atoms with van der Waals surface area (Å²) in [5.74, 6) is 0. The van der Waals surface area contributed by atoms with Crippen molar-refractivity contribution in [3.8, 4) is 0 Å². The molecule has 16 heavy (non-hydrogen) atoms. The van der Waals surface area contributed by atoms with Crippen molar-refractivity contribution >= 4 is 33.2 Å². The largest absolute Gasteiger partial charge is 0.327 e. The van der Waals surface area contributed by atoms with Gasteiger partial charge in [-0.2, -0.15) is 0 Å². The molecule has 3 N–H and O–H groups in total. The molecule has 7 heteroatoms. The molecule has 0 radical (unpaired) electrons. The summed E-state index contributed by atoms with van der Waals surface area (Å²) in [6.45, 7) is 1.86. The first kappa shape index (κ1) is 13.7. The van der Waals surface area contributed by atoms with E-state index in [0.717, 1.165) is 0 Å². The van der Waals surface area contributed by atoms with Crippen molar-refractivity contribution in [3.63, 3.8) is 0 Å². The third-order valence-electron chi connectivity index (χ3n) is 1.74. The quantitative estimate of drug-likeness (QED) is 0.882. The van der Waals surface area contributed by atoms with E-state index in [9.17, 15) is 8.42 Å². The molecule has 0 heterocycles. The van der Waals surface area contributed by atoms with E-state index in [4.69, 9.17) is 28.9 Å². The topological polar surface area (TPSA) is 72.2 Å². The highest BCUT2D eigenvalue weighted by atomic mass is 35.5.